The number of aryl methyl sites for hydroxylation is 1. The number of benzene rings is 2. The number of rotatable bonds is 12. The van der Waals surface area contributed by atoms with E-state index in [0.717, 1.165) is 36.5 Å². The number of alkyl halides is 1. The van der Waals surface area contributed by atoms with Gasteiger partial charge in [0.2, 0.25) is 0 Å². The van der Waals surface area contributed by atoms with E-state index in [4.69, 9.17) is 0 Å². The van der Waals surface area contributed by atoms with Gasteiger partial charge < -0.3 is 0 Å². The summed E-state index contributed by atoms with van der Waals surface area (Å²) in [5.74, 6) is 3.41. The predicted octanol–water partition coefficient (Wildman–Crippen LogP) is 10.5. The van der Waals surface area contributed by atoms with E-state index >= 15 is 0 Å². The van der Waals surface area contributed by atoms with Crippen molar-refractivity contribution in [1.29, 1.82) is 0 Å². The molecule has 4 rings (SSSR count). The van der Waals surface area contributed by atoms with Crippen LogP contribution in [0.5, 0.6) is 0 Å². The fourth-order valence-corrected chi connectivity index (χ4v) is 6.66. The zero-order chi connectivity index (χ0) is 24.3. The van der Waals surface area contributed by atoms with Crippen LogP contribution in [-0.4, -0.2) is 6.67 Å². The summed E-state index contributed by atoms with van der Waals surface area (Å²) in [7, 11) is 0. The van der Waals surface area contributed by atoms with Crippen LogP contribution in [0.3, 0.4) is 0 Å². The van der Waals surface area contributed by atoms with Crippen LogP contribution >= 0.6 is 0 Å². The van der Waals surface area contributed by atoms with E-state index in [-0.39, 0.29) is 6.67 Å². The maximum Gasteiger partial charge on any atom is 0.0894 e. The molecule has 0 bridgehead atoms. The Morgan fingerprint density at radius 3 is 1.83 bits per heavy atom. The average molecular weight is 475 g/mol. The first kappa shape index (κ1) is 26.2. The van der Waals surface area contributed by atoms with Gasteiger partial charge in [0, 0.05) is 0 Å². The summed E-state index contributed by atoms with van der Waals surface area (Å²) in [6.07, 6.45) is 21.2. The van der Waals surface area contributed by atoms with Gasteiger partial charge in [0.15, 0.2) is 0 Å². The molecule has 0 heterocycles. The Labute approximate surface area is 214 Å². The Hall–Kier alpha value is -1.89. The van der Waals surface area contributed by atoms with Gasteiger partial charge in [-0.2, -0.15) is 0 Å². The summed E-state index contributed by atoms with van der Waals surface area (Å²) in [4.78, 5) is 0. The summed E-state index contributed by atoms with van der Waals surface area (Å²) in [5.41, 5.74) is 5.68. The lowest BCUT2D eigenvalue weighted by atomic mass is 9.77. The van der Waals surface area contributed by atoms with Gasteiger partial charge in [-0.15, -0.1) is 6.58 Å². The fraction of sp³-hybridized carbons (Fsp3) is 0.588. The molecule has 0 radical (unpaired) electrons. The molecule has 0 nitrogen and oxygen atoms in total. The predicted molar refractivity (Wildman–Crippen MR) is 150 cm³/mol. The number of hydrogen-bond donors (Lipinski definition) is 0. The Balaban J connectivity index is 1.19. The minimum absolute atomic E-state index is 0.141. The molecule has 2 aliphatic rings. The molecule has 0 amide bonds. The van der Waals surface area contributed by atoms with Crippen LogP contribution in [0.15, 0.2) is 61.2 Å². The van der Waals surface area contributed by atoms with E-state index < -0.39 is 0 Å². The van der Waals surface area contributed by atoms with E-state index in [1.54, 1.807) is 0 Å². The van der Waals surface area contributed by atoms with Gasteiger partial charge in [-0.05, 0) is 97.3 Å². The van der Waals surface area contributed by atoms with Gasteiger partial charge in [0.1, 0.15) is 0 Å². The summed E-state index contributed by atoms with van der Waals surface area (Å²) in [5, 5.41) is 0. The molecule has 35 heavy (non-hydrogen) atoms. The molecule has 0 spiro atoms. The maximum absolute atomic E-state index is 12.2. The summed E-state index contributed by atoms with van der Waals surface area (Å²) in [6, 6.07) is 18.7. The number of hydrogen-bond acceptors (Lipinski definition) is 0. The lowest BCUT2D eigenvalue weighted by Crippen LogP contribution is -2.15. The fourth-order valence-electron chi connectivity index (χ4n) is 6.66. The summed E-state index contributed by atoms with van der Waals surface area (Å²) >= 11 is 0. The van der Waals surface area contributed by atoms with Gasteiger partial charge in [-0.3, -0.25) is 4.39 Å². The van der Waals surface area contributed by atoms with Crippen LogP contribution in [0.1, 0.15) is 107 Å². The number of allylic oxidation sites excluding steroid dienone is 1. The highest BCUT2D eigenvalue weighted by Crippen LogP contribution is 2.38. The minimum Gasteiger partial charge on any atom is -0.251 e. The summed E-state index contributed by atoms with van der Waals surface area (Å²) < 4.78 is 12.2. The zero-order valence-electron chi connectivity index (χ0n) is 21.9. The lowest BCUT2D eigenvalue weighted by molar-refractivity contribution is 0.248. The average Bonchev–Trinajstić information content (AvgIpc) is 2.92. The molecule has 2 aromatic rings. The van der Waals surface area contributed by atoms with Crippen molar-refractivity contribution in [1.82, 2.24) is 0 Å². The summed E-state index contributed by atoms with van der Waals surface area (Å²) in [6.45, 7) is 3.77. The quantitative estimate of drug-likeness (QED) is 0.212. The van der Waals surface area contributed by atoms with Crippen LogP contribution in [0.2, 0.25) is 0 Å². The molecule has 0 aromatic heterocycles. The molecular formula is C34H47F. The van der Waals surface area contributed by atoms with Crippen molar-refractivity contribution in [3.63, 3.8) is 0 Å². The van der Waals surface area contributed by atoms with Gasteiger partial charge in [-0.25, -0.2) is 0 Å². The van der Waals surface area contributed by atoms with E-state index in [0.29, 0.717) is 0 Å². The molecule has 2 aliphatic carbocycles. The highest BCUT2D eigenvalue weighted by Gasteiger charge is 2.22. The topological polar surface area (TPSA) is 0 Å². The smallest absolute Gasteiger partial charge is 0.0894 e. The number of unbranched alkanes of at least 4 members (excludes halogenated alkanes) is 2. The van der Waals surface area contributed by atoms with E-state index in [2.05, 4.69) is 61.2 Å². The molecule has 0 N–H and O–H groups in total. The van der Waals surface area contributed by atoms with Crippen LogP contribution in [0.4, 0.5) is 4.39 Å². The van der Waals surface area contributed by atoms with E-state index in [1.807, 2.05) is 0 Å². The highest BCUT2D eigenvalue weighted by molar-refractivity contribution is 5.64. The molecule has 0 aliphatic heterocycles. The minimum atomic E-state index is -0.141. The largest absolute Gasteiger partial charge is 0.251 e. The molecule has 190 valence electrons. The van der Waals surface area contributed by atoms with Crippen molar-refractivity contribution in [2.24, 2.45) is 17.8 Å². The third kappa shape index (κ3) is 8.06. The number of halogens is 1. The second-order valence-electron chi connectivity index (χ2n) is 11.5. The van der Waals surface area contributed by atoms with Crippen LogP contribution in [0.25, 0.3) is 11.1 Å². The van der Waals surface area contributed by atoms with E-state index in [9.17, 15) is 4.39 Å². The molecule has 0 saturated heterocycles. The second-order valence-corrected chi connectivity index (χ2v) is 11.5. The molecule has 2 saturated carbocycles. The standard InChI is InChI=1S/C34H47F/c1-2-6-27-14-18-31(19-15-27)33-22-24-34(25-23-33)32-20-16-30(17-21-32)13-12-29-10-8-28(9-11-29)7-4-3-5-26-35/h2,16-17,20-25,27-29,31H,1,3-15,18-19,26H2/t27-,28-,29-,31-. The van der Waals surface area contributed by atoms with Crippen LogP contribution in [0, 0.1) is 17.8 Å². The van der Waals surface area contributed by atoms with Crippen molar-refractivity contribution in [2.45, 2.75) is 102 Å². The maximum atomic E-state index is 12.2. The molecule has 1 heteroatoms. The van der Waals surface area contributed by atoms with E-state index in [1.165, 1.54) is 106 Å². The molecule has 2 aromatic carbocycles. The van der Waals surface area contributed by atoms with Crippen LogP contribution < -0.4 is 0 Å². The van der Waals surface area contributed by atoms with Crippen molar-refractivity contribution < 1.29 is 4.39 Å². The normalized spacial score (nSPS) is 24.8. The third-order valence-electron chi connectivity index (χ3n) is 9.07. The lowest BCUT2D eigenvalue weighted by Gasteiger charge is -2.28. The van der Waals surface area contributed by atoms with Crippen molar-refractivity contribution in [3.8, 4) is 11.1 Å². The first-order valence-electron chi connectivity index (χ1n) is 14.6. The monoisotopic (exact) mass is 474 g/mol. The van der Waals surface area contributed by atoms with Gasteiger partial charge in [0.25, 0.3) is 0 Å². The Bertz CT molecular complexity index is 848. The molecule has 2 fully saturated rings. The molecule has 0 atom stereocenters. The van der Waals surface area contributed by atoms with Gasteiger partial charge in [0.05, 0.1) is 6.67 Å². The second kappa shape index (κ2) is 14.0. The van der Waals surface area contributed by atoms with Gasteiger partial charge in [-0.1, -0.05) is 99.6 Å². The Morgan fingerprint density at radius 2 is 1.23 bits per heavy atom. The molecule has 0 unspecified atom stereocenters. The van der Waals surface area contributed by atoms with Crippen molar-refractivity contribution in [3.05, 3.63) is 72.3 Å². The molecular weight excluding hydrogens is 427 g/mol. The highest BCUT2D eigenvalue weighted by atomic mass is 19.1. The van der Waals surface area contributed by atoms with Crippen molar-refractivity contribution in [2.75, 3.05) is 6.67 Å². The Morgan fingerprint density at radius 1 is 0.657 bits per heavy atom. The first-order chi connectivity index (χ1) is 17.2. The third-order valence-corrected chi connectivity index (χ3v) is 9.07. The Kier molecular flexibility index (Phi) is 10.5. The van der Waals surface area contributed by atoms with Crippen molar-refractivity contribution >= 4 is 0 Å². The van der Waals surface area contributed by atoms with Gasteiger partial charge >= 0.3 is 0 Å². The zero-order valence-corrected chi connectivity index (χ0v) is 21.9. The SMILES string of the molecule is C=CC[C@H]1CC[C@H](c2ccc(-c3ccc(CC[C@H]4CC[C@H](CCCCCF)CC4)cc3)cc2)CC1. The first-order valence-corrected chi connectivity index (χ1v) is 14.6. The van der Waals surface area contributed by atoms with Crippen LogP contribution in [-0.2, 0) is 6.42 Å².